The summed E-state index contributed by atoms with van der Waals surface area (Å²) in [6.45, 7) is 2.39. The molecular formula is C20H21N3O. The molecule has 1 amide bonds. The lowest BCUT2D eigenvalue weighted by Gasteiger charge is -2.15. The number of para-hydroxylation sites is 2. The van der Waals surface area contributed by atoms with Crippen LogP contribution in [0.25, 0.3) is 11.0 Å². The van der Waals surface area contributed by atoms with Crippen LogP contribution in [0.5, 0.6) is 0 Å². The Kier molecular flexibility index (Phi) is 3.81. The molecule has 0 spiro atoms. The maximum absolute atomic E-state index is 12.6. The molecule has 1 atom stereocenters. The van der Waals surface area contributed by atoms with Crippen molar-refractivity contribution in [2.45, 2.75) is 38.8 Å². The van der Waals surface area contributed by atoms with Crippen molar-refractivity contribution in [3.63, 3.8) is 0 Å². The van der Waals surface area contributed by atoms with E-state index in [0.29, 0.717) is 6.54 Å². The Hall–Kier alpha value is -2.62. The number of aromatic nitrogens is 2. The van der Waals surface area contributed by atoms with Gasteiger partial charge in [-0.05, 0) is 36.1 Å². The molecule has 4 rings (SSSR count). The summed E-state index contributed by atoms with van der Waals surface area (Å²) >= 11 is 0. The smallest absolute Gasteiger partial charge is 0.240 e. The van der Waals surface area contributed by atoms with Gasteiger partial charge in [-0.15, -0.1) is 0 Å². The van der Waals surface area contributed by atoms with Crippen molar-refractivity contribution in [3.8, 4) is 0 Å². The Morgan fingerprint density at radius 3 is 2.88 bits per heavy atom. The predicted octanol–water partition coefficient (Wildman–Crippen LogP) is 3.40. The highest BCUT2D eigenvalue weighted by Crippen LogP contribution is 2.30. The van der Waals surface area contributed by atoms with Gasteiger partial charge in [-0.3, -0.25) is 4.79 Å². The summed E-state index contributed by atoms with van der Waals surface area (Å²) in [6.07, 6.45) is 2.83. The minimum absolute atomic E-state index is 0.0505. The number of benzene rings is 2. The maximum atomic E-state index is 12.6. The lowest BCUT2D eigenvalue weighted by atomic mass is 10.1. The molecule has 0 bridgehead atoms. The molecule has 0 saturated heterocycles. The first-order chi connectivity index (χ1) is 11.8. The fourth-order valence-electron chi connectivity index (χ4n) is 3.66. The van der Waals surface area contributed by atoms with E-state index in [-0.39, 0.29) is 11.9 Å². The SMILES string of the molecule is CCc1nc2ccccc2n1CC(=O)NC1CCc2ccccc21. The molecule has 1 unspecified atom stereocenters. The van der Waals surface area contributed by atoms with Gasteiger partial charge < -0.3 is 9.88 Å². The minimum atomic E-state index is 0.0505. The van der Waals surface area contributed by atoms with Crippen molar-refractivity contribution in [2.24, 2.45) is 0 Å². The Morgan fingerprint density at radius 1 is 1.21 bits per heavy atom. The van der Waals surface area contributed by atoms with Crippen LogP contribution >= 0.6 is 0 Å². The molecule has 24 heavy (non-hydrogen) atoms. The Labute approximate surface area is 141 Å². The molecule has 0 aliphatic heterocycles. The highest BCUT2D eigenvalue weighted by Gasteiger charge is 2.23. The number of nitrogens with one attached hydrogen (secondary N) is 1. The second kappa shape index (κ2) is 6.11. The van der Waals surface area contributed by atoms with Gasteiger partial charge >= 0.3 is 0 Å². The quantitative estimate of drug-likeness (QED) is 0.801. The number of hydrogen-bond acceptors (Lipinski definition) is 2. The van der Waals surface area contributed by atoms with Gasteiger partial charge in [0.05, 0.1) is 17.1 Å². The molecule has 1 aliphatic carbocycles. The zero-order chi connectivity index (χ0) is 16.5. The molecule has 0 radical (unpaired) electrons. The summed E-state index contributed by atoms with van der Waals surface area (Å²) in [4.78, 5) is 17.3. The van der Waals surface area contributed by atoms with E-state index in [9.17, 15) is 4.79 Å². The topological polar surface area (TPSA) is 46.9 Å². The summed E-state index contributed by atoms with van der Waals surface area (Å²) in [5.41, 5.74) is 4.59. The molecule has 2 aromatic carbocycles. The largest absolute Gasteiger partial charge is 0.348 e. The van der Waals surface area contributed by atoms with Crippen LogP contribution in [0.3, 0.4) is 0 Å². The minimum Gasteiger partial charge on any atom is -0.348 e. The molecule has 1 heterocycles. The van der Waals surface area contributed by atoms with Gasteiger partial charge in [-0.2, -0.15) is 0 Å². The molecule has 4 heteroatoms. The Morgan fingerprint density at radius 2 is 2.00 bits per heavy atom. The Bertz CT molecular complexity index is 897. The second-order valence-corrected chi connectivity index (χ2v) is 6.31. The summed E-state index contributed by atoms with van der Waals surface area (Å²) in [7, 11) is 0. The lowest BCUT2D eigenvalue weighted by Crippen LogP contribution is -2.31. The van der Waals surface area contributed by atoms with E-state index in [1.165, 1.54) is 11.1 Å². The first-order valence-electron chi connectivity index (χ1n) is 8.57. The van der Waals surface area contributed by atoms with E-state index in [1.54, 1.807) is 0 Å². The fraction of sp³-hybridized carbons (Fsp3) is 0.300. The predicted molar refractivity (Wildman–Crippen MR) is 94.8 cm³/mol. The molecule has 1 N–H and O–H groups in total. The van der Waals surface area contributed by atoms with E-state index in [2.05, 4.69) is 35.4 Å². The number of imidazole rings is 1. The average molecular weight is 319 g/mol. The highest BCUT2D eigenvalue weighted by atomic mass is 16.2. The number of rotatable bonds is 4. The normalized spacial score (nSPS) is 16.3. The molecule has 3 aromatic rings. The Balaban J connectivity index is 1.55. The molecule has 0 fully saturated rings. The average Bonchev–Trinajstić information content (AvgIpc) is 3.17. The van der Waals surface area contributed by atoms with Crippen LogP contribution in [0.2, 0.25) is 0 Å². The molecule has 122 valence electrons. The number of carbonyl (C=O) groups excluding carboxylic acids is 1. The van der Waals surface area contributed by atoms with Gasteiger partial charge in [0.1, 0.15) is 12.4 Å². The van der Waals surface area contributed by atoms with Gasteiger partial charge in [0.25, 0.3) is 0 Å². The van der Waals surface area contributed by atoms with Gasteiger partial charge in [0, 0.05) is 6.42 Å². The standard InChI is InChI=1S/C20H21N3O/c1-2-19-21-17-9-5-6-10-18(17)23(19)13-20(24)22-16-12-11-14-7-3-4-8-15(14)16/h3-10,16H,2,11-13H2,1H3,(H,22,24). The fourth-order valence-corrected chi connectivity index (χ4v) is 3.66. The first kappa shape index (κ1) is 14.9. The van der Waals surface area contributed by atoms with Crippen molar-refractivity contribution in [3.05, 3.63) is 65.5 Å². The van der Waals surface area contributed by atoms with E-state index in [1.807, 2.05) is 34.9 Å². The molecule has 1 aromatic heterocycles. The van der Waals surface area contributed by atoms with Gasteiger partial charge in [-0.25, -0.2) is 4.98 Å². The molecule has 0 saturated carbocycles. The third-order valence-corrected chi connectivity index (χ3v) is 4.82. The molecule has 1 aliphatic rings. The summed E-state index contributed by atoms with van der Waals surface area (Å²) < 4.78 is 2.03. The molecular weight excluding hydrogens is 298 g/mol. The van der Waals surface area contributed by atoms with Gasteiger partial charge in [0.15, 0.2) is 0 Å². The first-order valence-corrected chi connectivity index (χ1v) is 8.57. The van der Waals surface area contributed by atoms with Gasteiger partial charge in [0.2, 0.25) is 5.91 Å². The van der Waals surface area contributed by atoms with Crippen LogP contribution in [0.4, 0.5) is 0 Å². The van der Waals surface area contributed by atoms with Crippen molar-refractivity contribution in [2.75, 3.05) is 0 Å². The van der Waals surface area contributed by atoms with Crippen molar-refractivity contribution in [1.82, 2.24) is 14.9 Å². The van der Waals surface area contributed by atoms with Crippen LogP contribution in [0.15, 0.2) is 48.5 Å². The van der Waals surface area contributed by atoms with Crippen LogP contribution < -0.4 is 5.32 Å². The third kappa shape index (κ3) is 2.58. The highest BCUT2D eigenvalue weighted by molar-refractivity contribution is 5.81. The number of fused-ring (bicyclic) bond motifs is 2. The number of nitrogens with zero attached hydrogens (tertiary/aromatic N) is 2. The van der Waals surface area contributed by atoms with Crippen LogP contribution in [0.1, 0.15) is 36.3 Å². The van der Waals surface area contributed by atoms with Crippen molar-refractivity contribution >= 4 is 16.9 Å². The summed E-state index contributed by atoms with van der Waals surface area (Å²) in [5, 5.41) is 3.20. The zero-order valence-electron chi connectivity index (χ0n) is 13.8. The maximum Gasteiger partial charge on any atom is 0.240 e. The second-order valence-electron chi connectivity index (χ2n) is 6.31. The summed E-state index contributed by atoms with van der Waals surface area (Å²) in [6, 6.07) is 16.5. The van der Waals surface area contributed by atoms with E-state index >= 15 is 0 Å². The number of amides is 1. The van der Waals surface area contributed by atoms with Crippen LogP contribution in [0, 0.1) is 0 Å². The third-order valence-electron chi connectivity index (χ3n) is 4.82. The zero-order valence-corrected chi connectivity index (χ0v) is 13.8. The number of hydrogen-bond donors (Lipinski definition) is 1. The van der Waals surface area contributed by atoms with Crippen molar-refractivity contribution < 1.29 is 4.79 Å². The van der Waals surface area contributed by atoms with E-state index in [4.69, 9.17) is 0 Å². The van der Waals surface area contributed by atoms with Crippen molar-refractivity contribution in [1.29, 1.82) is 0 Å². The monoisotopic (exact) mass is 319 g/mol. The van der Waals surface area contributed by atoms with Crippen LogP contribution in [-0.4, -0.2) is 15.5 Å². The lowest BCUT2D eigenvalue weighted by molar-refractivity contribution is -0.122. The number of aryl methyl sites for hydroxylation is 2. The van der Waals surface area contributed by atoms with Gasteiger partial charge in [-0.1, -0.05) is 43.3 Å². The van der Waals surface area contributed by atoms with E-state index in [0.717, 1.165) is 36.1 Å². The molecule has 4 nitrogen and oxygen atoms in total. The number of carbonyl (C=O) groups is 1. The summed E-state index contributed by atoms with van der Waals surface area (Å²) in [5.74, 6) is 1.01. The van der Waals surface area contributed by atoms with E-state index < -0.39 is 0 Å². The van der Waals surface area contributed by atoms with Crippen LogP contribution in [-0.2, 0) is 24.2 Å².